The van der Waals surface area contributed by atoms with Gasteiger partial charge in [-0.25, -0.2) is 4.79 Å². The lowest BCUT2D eigenvalue weighted by Crippen LogP contribution is -2.46. The summed E-state index contributed by atoms with van der Waals surface area (Å²) >= 11 is 0. The summed E-state index contributed by atoms with van der Waals surface area (Å²) in [5, 5.41) is 10.1. The Hall–Kier alpha value is -1.55. The van der Waals surface area contributed by atoms with Gasteiger partial charge in [0.1, 0.15) is 5.60 Å². The second-order valence-corrected chi connectivity index (χ2v) is 6.31. The molecule has 4 nitrogen and oxygen atoms in total. The van der Waals surface area contributed by atoms with Crippen LogP contribution >= 0.6 is 0 Å². The first-order valence-electron chi connectivity index (χ1n) is 7.05. The molecule has 1 heterocycles. The molecule has 110 valence electrons. The Bertz CT molecular complexity index is 491. The topological polar surface area (TPSA) is 49.8 Å². The second-order valence-electron chi connectivity index (χ2n) is 6.31. The number of carbonyl (C=O) groups excluding carboxylic acids is 1. The van der Waals surface area contributed by atoms with E-state index in [4.69, 9.17) is 4.74 Å². The van der Waals surface area contributed by atoms with Crippen molar-refractivity contribution in [2.45, 2.75) is 51.9 Å². The number of carbonyl (C=O) groups is 1. The highest BCUT2D eigenvalue weighted by Crippen LogP contribution is 2.33. The number of hydrogen-bond acceptors (Lipinski definition) is 3. The smallest absolute Gasteiger partial charge is 0.410 e. The van der Waals surface area contributed by atoms with Crippen molar-refractivity contribution in [1.82, 2.24) is 4.90 Å². The standard InChI is InChI=1S/C16H23NO3/c1-11(18)14-13-8-6-5-7-12(13)9-10-17(14)15(19)20-16(2,3)4/h5-8,11,14,18H,9-10H2,1-4H3. The Morgan fingerprint density at radius 2 is 2.05 bits per heavy atom. The summed E-state index contributed by atoms with van der Waals surface area (Å²) in [7, 11) is 0. The molecule has 0 saturated heterocycles. The summed E-state index contributed by atoms with van der Waals surface area (Å²) in [6.07, 6.45) is -0.208. The van der Waals surface area contributed by atoms with E-state index in [0.717, 1.165) is 12.0 Å². The van der Waals surface area contributed by atoms with Gasteiger partial charge in [-0.15, -0.1) is 0 Å². The average Bonchev–Trinajstić information content (AvgIpc) is 2.35. The van der Waals surface area contributed by atoms with Gasteiger partial charge in [-0.2, -0.15) is 0 Å². The van der Waals surface area contributed by atoms with Gasteiger partial charge in [-0.3, -0.25) is 4.90 Å². The zero-order chi connectivity index (χ0) is 14.9. The van der Waals surface area contributed by atoms with Gasteiger partial charge in [0.15, 0.2) is 0 Å². The lowest BCUT2D eigenvalue weighted by atomic mass is 9.90. The monoisotopic (exact) mass is 277 g/mol. The first-order valence-corrected chi connectivity index (χ1v) is 7.05. The van der Waals surface area contributed by atoms with Gasteiger partial charge < -0.3 is 9.84 Å². The highest BCUT2D eigenvalue weighted by Gasteiger charge is 2.35. The third-order valence-corrected chi connectivity index (χ3v) is 3.42. The van der Waals surface area contributed by atoms with Crippen molar-refractivity contribution in [3.05, 3.63) is 35.4 Å². The molecular weight excluding hydrogens is 254 g/mol. The zero-order valence-electron chi connectivity index (χ0n) is 12.6. The fourth-order valence-electron chi connectivity index (χ4n) is 2.64. The predicted octanol–water partition coefficient (Wildman–Crippen LogP) is 2.90. The van der Waals surface area contributed by atoms with Crippen LogP contribution in [0.15, 0.2) is 24.3 Å². The maximum absolute atomic E-state index is 12.3. The molecule has 0 fully saturated rings. The van der Waals surface area contributed by atoms with Gasteiger partial charge in [0.25, 0.3) is 0 Å². The highest BCUT2D eigenvalue weighted by molar-refractivity contribution is 5.69. The van der Waals surface area contributed by atoms with Crippen LogP contribution in [0.2, 0.25) is 0 Å². The van der Waals surface area contributed by atoms with Crippen molar-refractivity contribution in [3.63, 3.8) is 0 Å². The van der Waals surface area contributed by atoms with Crippen molar-refractivity contribution in [2.24, 2.45) is 0 Å². The molecule has 1 aliphatic heterocycles. The molecule has 0 bridgehead atoms. The van der Waals surface area contributed by atoms with Crippen molar-refractivity contribution in [3.8, 4) is 0 Å². The molecule has 1 amide bonds. The molecule has 0 spiro atoms. The molecule has 0 radical (unpaired) electrons. The average molecular weight is 277 g/mol. The Kier molecular flexibility index (Phi) is 4.04. The molecule has 2 rings (SSSR count). The molecule has 2 atom stereocenters. The van der Waals surface area contributed by atoms with Crippen molar-refractivity contribution in [1.29, 1.82) is 0 Å². The molecular formula is C16H23NO3. The van der Waals surface area contributed by atoms with Gasteiger partial charge in [-0.1, -0.05) is 24.3 Å². The van der Waals surface area contributed by atoms with Gasteiger partial charge in [0.05, 0.1) is 12.1 Å². The largest absolute Gasteiger partial charge is 0.444 e. The SMILES string of the molecule is CC(O)C1c2ccccc2CCN1C(=O)OC(C)(C)C. The van der Waals surface area contributed by atoms with Crippen LogP contribution in [0.5, 0.6) is 0 Å². The van der Waals surface area contributed by atoms with Crippen LogP contribution in [0, 0.1) is 0 Å². The summed E-state index contributed by atoms with van der Waals surface area (Å²) in [5.74, 6) is 0. The maximum Gasteiger partial charge on any atom is 0.410 e. The summed E-state index contributed by atoms with van der Waals surface area (Å²) in [4.78, 5) is 14.0. The van der Waals surface area contributed by atoms with Gasteiger partial charge in [-0.05, 0) is 45.2 Å². The Morgan fingerprint density at radius 3 is 2.65 bits per heavy atom. The molecule has 0 aliphatic carbocycles. The van der Waals surface area contributed by atoms with Crippen LogP contribution in [0.25, 0.3) is 0 Å². The number of nitrogens with zero attached hydrogens (tertiary/aromatic N) is 1. The number of rotatable bonds is 1. The first kappa shape index (κ1) is 14.9. The van der Waals surface area contributed by atoms with E-state index in [1.54, 1.807) is 11.8 Å². The van der Waals surface area contributed by atoms with E-state index in [0.29, 0.717) is 6.54 Å². The van der Waals surface area contributed by atoms with E-state index < -0.39 is 11.7 Å². The molecule has 20 heavy (non-hydrogen) atoms. The van der Waals surface area contributed by atoms with Crippen LogP contribution in [0.4, 0.5) is 4.79 Å². The van der Waals surface area contributed by atoms with Crippen molar-refractivity contribution >= 4 is 6.09 Å². The molecule has 0 aromatic heterocycles. The first-order chi connectivity index (χ1) is 9.29. The van der Waals surface area contributed by atoms with Crippen LogP contribution in [0.1, 0.15) is 44.9 Å². The fourth-order valence-corrected chi connectivity index (χ4v) is 2.64. The quantitative estimate of drug-likeness (QED) is 0.858. The normalized spacial score (nSPS) is 20.2. The molecule has 1 aromatic rings. The number of amides is 1. The van der Waals surface area contributed by atoms with Crippen LogP contribution < -0.4 is 0 Å². The third-order valence-electron chi connectivity index (χ3n) is 3.42. The summed E-state index contributed by atoms with van der Waals surface area (Å²) in [6, 6.07) is 7.61. The van der Waals surface area contributed by atoms with Crippen LogP contribution in [-0.2, 0) is 11.2 Å². The number of aliphatic hydroxyl groups excluding tert-OH is 1. The van der Waals surface area contributed by atoms with Crippen LogP contribution in [0.3, 0.4) is 0 Å². The number of aliphatic hydroxyl groups is 1. The number of fused-ring (bicyclic) bond motifs is 1. The van der Waals surface area contributed by atoms with Gasteiger partial charge in [0, 0.05) is 6.54 Å². The Balaban J connectivity index is 2.29. The minimum absolute atomic E-state index is 0.338. The van der Waals surface area contributed by atoms with E-state index in [-0.39, 0.29) is 12.1 Å². The van der Waals surface area contributed by atoms with E-state index in [1.807, 2.05) is 39.0 Å². The zero-order valence-corrected chi connectivity index (χ0v) is 12.6. The molecule has 1 N–H and O–H groups in total. The molecule has 0 saturated carbocycles. The third kappa shape index (κ3) is 3.12. The minimum Gasteiger partial charge on any atom is -0.444 e. The predicted molar refractivity (Wildman–Crippen MR) is 77.5 cm³/mol. The van der Waals surface area contributed by atoms with Crippen LogP contribution in [-0.4, -0.2) is 34.3 Å². The fraction of sp³-hybridized carbons (Fsp3) is 0.562. The molecule has 1 aromatic carbocycles. The van der Waals surface area contributed by atoms with Gasteiger partial charge >= 0.3 is 6.09 Å². The van der Waals surface area contributed by atoms with Crippen molar-refractivity contribution < 1.29 is 14.6 Å². The lowest BCUT2D eigenvalue weighted by Gasteiger charge is -2.39. The molecule has 4 heteroatoms. The molecule has 1 aliphatic rings. The van der Waals surface area contributed by atoms with E-state index >= 15 is 0 Å². The Labute approximate surface area is 120 Å². The Morgan fingerprint density at radius 1 is 1.40 bits per heavy atom. The second kappa shape index (κ2) is 5.44. The lowest BCUT2D eigenvalue weighted by molar-refractivity contribution is -0.00606. The summed E-state index contributed by atoms with van der Waals surface area (Å²) < 4.78 is 5.45. The number of ether oxygens (including phenoxy) is 1. The summed E-state index contributed by atoms with van der Waals surface area (Å²) in [5.41, 5.74) is 1.68. The summed E-state index contributed by atoms with van der Waals surface area (Å²) in [6.45, 7) is 7.83. The van der Waals surface area contributed by atoms with E-state index in [1.165, 1.54) is 5.56 Å². The van der Waals surface area contributed by atoms with E-state index in [2.05, 4.69) is 6.07 Å². The number of hydrogen-bond donors (Lipinski definition) is 1. The maximum atomic E-state index is 12.3. The van der Waals surface area contributed by atoms with Crippen molar-refractivity contribution in [2.75, 3.05) is 6.54 Å². The highest BCUT2D eigenvalue weighted by atomic mass is 16.6. The molecule has 2 unspecified atom stereocenters. The number of benzene rings is 1. The van der Waals surface area contributed by atoms with E-state index in [9.17, 15) is 9.90 Å². The van der Waals surface area contributed by atoms with Gasteiger partial charge in [0.2, 0.25) is 0 Å². The minimum atomic E-state index is -0.635.